The van der Waals surface area contributed by atoms with Crippen LogP contribution in [0.4, 0.5) is 0 Å². The van der Waals surface area contributed by atoms with Gasteiger partial charge >= 0.3 is 11.9 Å². The van der Waals surface area contributed by atoms with Crippen molar-refractivity contribution in [2.75, 3.05) is 26.4 Å². The average molecular weight is 991 g/mol. The quantitative estimate of drug-likeness (QED) is 0.0179. The fourth-order valence-corrected chi connectivity index (χ4v) is 7.57. The third-order valence-electron chi connectivity index (χ3n) is 11.9. The van der Waals surface area contributed by atoms with Crippen LogP contribution in [0, 0.1) is 0 Å². The van der Waals surface area contributed by atoms with E-state index < -0.39 is 99.3 Å². The lowest BCUT2D eigenvalue weighted by Gasteiger charge is -2.42. The zero-order valence-electron chi connectivity index (χ0n) is 42.2. The topological polar surface area (TPSA) is 231 Å². The molecule has 0 radical (unpaired) electrons. The Bertz CT molecular complexity index is 1540. The summed E-state index contributed by atoms with van der Waals surface area (Å²) >= 11 is 0. The van der Waals surface area contributed by atoms with Crippen molar-refractivity contribution in [3.8, 4) is 0 Å². The zero-order valence-corrected chi connectivity index (χ0v) is 42.2. The summed E-state index contributed by atoms with van der Waals surface area (Å²) in [5.74, 6) is -0.989. The maximum Gasteiger partial charge on any atom is 0.306 e. The minimum Gasteiger partial charge on any atom is -0.462 e. The largest absolute Gasteiger partial charge is 0.462 e. The van der Waals surface area contributed by atoms with Crippen molar-refractivity contribution in [3.63, 3.8) is 0 Å². The summed E-state index contributed by atoms with van der Waals surface area (Å²) in [6.07, 6.45) is 33.2. The van der Waals surface area contributed by atoms with Gasteiger partial charge < -0.3 is 64.2 Å². The minimum absolute atomic E-state index is 0.133. The summed E-state index contributed by atoms with van der Waals surface area (Å²) < 4.78 is 33.5. The third kappa shape index (κ3) is 28.7. The second-order valence-electron chi connectivity index (χ2n) is 18.0. The van der Waals surface area contributed by atoms with Gasteiger partial charge in [-0.1, -0.05) is 137 Å². The Morgan fingerprint density at radius 1 is 0.471 bits per heavy atom. The fourth-order valence-electron chi connectivity index (χ4n) is 7.57. The molecule has 2 rings (SSSR count). The second-order valence-corrected chi connectivity index (χ2v) is 18.0. The molecule has 2 aliphatic heterocycles. The molecule has 0 amide bonds. The van der Waals surface area contributed by atoms with Gasteiger partial charge in [0.1, 0.15) is 55.4 Å². The summed E-state index contributed by atoms with van der Waals surface area (Å²) in [6, 6.07) is 0. The molecule has 0 saturated carbocycles. The standard InChI is InChI=1S/C55H90O15/c1-3-5-7-9-11-13-15-17-19-20-21-22-24-25-27-29-31-33-35-37-46(57)65-40-43(68-47(58)38-36-34-32-30-28-26-23-18-16-14-12-10-8-6-4-2)41-66-54-53(64)51(62)49(60)45(70-54)42-67-55-52(63)50(61)48(59)44(39-56)69-55/h6,8,11-14,17-19,21-23,25,27,43-45,48-56,59-64H,3-5,7,9-10,15-16,20,24,26,28-42H2,1-2H3/b8-6+,13-11+,14-12+,19-17+,22-21+,23-18+,27-25+/t43-,44+,45+,48-,49-,50?,51?,52?,53?,54+,55+/m0/s1. The molecule has 0 aliphatic carbocycles. The summed E-state index contributed by atoms with van der Waals surface area (Å²) in [5, 5.41) is 72.1. The Hall–Kier alpha value is -3.32. The number of ether oxygens (including phenoxy) is 6. The second kappa shape index (κ2) is 41.2. The fraction of sp³-hybridized carbons (Fsp3) is 0.709. The highest BCUT2D eigenvalue weighted by molar-refractivity contribution is 5.70. The molecule has 4 unspecified atom stereocenters. The number of aliphatic hydroxyl groups excluding tert-OH is 7. The highest BCUT2D eigenvalue weighted by atomic mass is 16.7. The molecule has 15 nitrogen and oxygen atoms in total. The first-order valence-corrected chi connectivity index (χ1v) is 26.2. The Morgan fingerprint density at radius 3 is 1.43 bits per heavy atom. The summed E-state index contributed by atoms with van der Waals surface area (Å²) in [6.45, 7) is 2.38. The van der Waals surface area contributed by atoms with Gasteiger partial charge in [-0.3, -0.25) is 9.59 Å². The highest BCUT2D eigenvalue weighted by Crippen LogP contribution is 2.26. The molecule has 0 aromatic carbocycles. The summed E-state index contributed by atoms with van der Waals surface area (Å²) in [5.41, 5.74) is 0. The number of hydrogen-bond donors (Lipinski definition) is 7. The molecule has 7 N–H and O–H groups in total. The van der Waals surface area contributed by atoms with Crippen LogP contribution in [-0.2, 0) is 38.0 Å². The Morgan fingerprint density at radius 2 is 0.900 bits per heavy atom. The van der Waals surface area contributed by atoms with Gasteiger partial charge in [-0.15, -0.1) is 0 Å². The van der Waals surface area contributed by atoms with Crippen LogP contribution in [-0.4, -0.2) is 142 Å². The van der Waals surface area contributed by atoms with E-state index in [1.165, 1.54) is 19.3 Å². The Labute approximate surface area is 418 Å². The molecule has 400 valence electrons. The van der Waals surface area contributed by atoms with Crippen LogP contribution in [0.5, 0.6) is 0 Å². The van der Waals surface area contributed by atoms with Gasteiger partial charge in [-0.2, -0.15) is 0 Å². The minimum atomic E-state index is -1.78. The summed E-state index contributed by atoms with van der Waals surface area (Å²) in [7, 11) is 0. The van der Waals surface area contributed by atoms with Crippen molar-refractivity contribution in [3.05, 3.63) is 85.1 Å². The van der Waals surface area contributed by atoms with Gasteiger partial charge in [0.05, 0.1) is 19.8 Å². The van der Waals surface area contributed by atoms with E-state index in [1.807, 2.05) is 0 Å². The highest BCUT2D eigenvalue weighted by Gasteiger charge is 2.47. The van der Waals surface area contributed by atoms with Gasteiger partial charge in [-0.05, 0) is 89.9 Å². The first-order chi connectivity index (χ1) is 34.0. The predicted octanol–water partition coefficient (Wildman–Crippen LogP) is 7.60. The number of rotatable bonds is 39. The number of unbranched alkanes of at least 4 members (excludes halogenated alkanes) is 11. The van der Waals surface area contributed by atoms with Crippen LogP contribution in [0.3, 0.4) is 0 Å². The smallest absolute Gasteiger partial charge is 0.306 e. The molecule has 0 aromatic rings. The van der Waals surface area contributed by atoms with Crippen LogP contribution in [0.2, 0.25) is 0 Å². The molecular weight excluding hydrogens is 901 g/mol. The number of allylic oxidation sites excluding steroid dienone is 14. The lowest BCUT2D eigenvalue weighted by atomic mass is 9.98. The van der Waals surface area contributed by atoms with E-state index in [1.54, 1.807) is 0 Å². The first kappa shape index (κ1) is 62.8. The average Bonchev–Trinajstić information content (AvgIpc) is 3.35. The molecule has 15 heteroatoms. The van der Waals surface area contributed by atoms with Crippen molar-refractivity contribution in [2.24, 2.45) is 0 Å². The van der Waals surface area contributed by atoms with E-state index in [9.17, 15) is 45.3 Å². The van der Waals surface area contributed by atoms with Crippen LogP contribution in [0.15, 0.2) is 85.1 Å². The molecular formula is C55H90O15. The molecule has 0 spiro atoms. The van der Waals surface area contributed by atoms with Crippen LogP contribution < -0.4 is 0 Å². The molecule has 11 atom stereocenters. The van der Waals surface area contributed by atoms with Crippen molar-refractivity contribution in [2.45, 2.75) is 223 Å². The third-order valence-corrected chi connectivity index (χ3v) is 11.9. The number of aliphatic hydroxyl groups is 7. The normalized spacial score (nSPS) is 26.1. The number of esters is 2. The van der Waals surface area contributed by atoms with Crippen LogP contribution >= 0.6 is 0 Å². The van der Waals surface area contributed by atoms with E-state index in [2.05, 4.69) is 98.9 Å². The van der Waals surface area contributed by atoms with E-state index in [0.717, 1.165) is 96.3 Å². The van der Waals surface area contributed by atoms with Crippen molar-refractivity contribution < 1.29 is 73.8 Å². The monoisotopic (exact) mass is 991 g/mol. The van der Waals surface area contributed by atoms with E-state index >= 15 is 0 Å². The van der Waals surface area contributed by atoms with Gasteiger partial charge in [0, 0.05) is 12.8 Å². The van der Waals surface area contributed by atoms with Crippen molar-refractivity contribution >= 4 is 11.9 Å². The predicted molar refractivity (Wildman–Crippen MR) is 270 cm³/mol. The number of hydrogen-bond acceptors (Lipinski definition) is 15. The molecule has 70 heavy (non-hydrogen) atoms. The Balaban J connectivity index is 1.83. The molecule has 2 fully saturated rings. The van der Waals surface area contributed by atoms with Crippen molar-refractivity contribution in [1.82, 2.24) is 0 Å². The van der Waals surface area contributed by atoms with E-state index in [4.69, 9.17) is 28.4 Å². The Kier molecular flexibility index (Phi) is 36.9. The molecule has 2 saturated heterocycles. The van der Waals surface area contributed by atoms with Gasteiger partial charge in [0.2, 0.25) is 0 Å². The van der Waals surface area contributed by atoms with E-state index in [-0.39, 0.29) is 19.4 Å². The first-order valence-electron chi connectivity index (χ1n) is 26.2. The van der Waals surface area contributed by atoms with Crippen molar-refractivity contribution in [1.29, 1.82) is 0 Å². The number of carbonyl (C=O) groups is 2. The van der Waals surface area contributed by atoms with Crippen LogP contribution in [0.25, 0.3) is 0 Å². The maximum atomic E-state index is 13.0. The maximum absolute atomic E-state index is 13.0. The molecule has 0 aromatic heterocycles. The lowest BCUT2D eigenvalue weighted by Crippen LogP contribution is -2.61. The van der Waals surface area contributed by atoms with Gasteiger partial charge in [-0.25, -0.2) is 0 Å². The molecule has 2 aliphatic rings. The molecule has 0 bridgehead atoms. The molecule has 2 heterocycles. The lowest BCUT2D eigenvalue weighted by molar-refractivity contribution is -0.332. The van der Waals surface area contributed by atoms with E-state index in [0.29, 0.717) is 12.8 Å². The SMILES string of the molecule is CC/C=C/C/C=C/C/C=C/CCCCCCCC(=O)O[C@@H](COC(=O)CCCCC/C=C/C/C=C/C/C=C/C/C=C/CCCCC)CO[C@@H]1O[C@H](CO[C@@H]2O[C@H](CO)[C@H](O)C(O)C2O)[C@H](O)C(O)C1O. The van der Waals surface area contributed by atoms with Crippen LogP contribution in [0.1, 0.15) is 155 Å². The summed E-state index contributed by atoms with van der Waals surface area (Å²) in [4.78, 5) is 25.8. The van der Waals surface area contributed by atoms with Gasteiger partial charge in [0.25, 0.3) is 0 Å². The van der Waals surface area contributed by atoms with Gasteiger partial charge in [0.15, 0.2) is 18.7 Å². The number of carbonyl (C=O) groups excluding carboxylic acids is 2. The zero-order chi connectivity index (χ0) is 51.0.